The van der Waals surface area contributed by atoms with Crippen molar-refractivity contribution in [3.63, 3.8) is 0 Å². The quantitative estimate of drug-likeness (QED) is 0.344. The SMILES string of the molecule is CCCCCC/C(O)=C/[N+](CC)(CC)CC(C)C(=O)O. The lowest BCUT2D eigenvalue weighted by atomic mass is 10.1. The number of aliphatic hydroxyl groups is 1. The maximum Gasteiger partial charge on any atom is 0.311 e. The van der Waals surface area contributed by atoms with Crippen molar-refractivity contribution in [3.8, 4) is 0 Å². The molecule has 0 heterocycles. The zero-order valence-electron chi connectivity index (χ0n) is 13.6. The molecular weight excluding hydrogens is 254 g/mol. The van der Waals surface area contributed by atoms with E-state index in [0.717, 1.165) is 25.9 Å². The molecule has 0 saturated heterocycles. The largest absolute Gasteiger partial charge is 0.507 e. The lowest BCUT2D eigenvalue weighted by Crippen LogP contribution is -2.47. The van der Waals surface area contributed by atoms with E-state index in [1.165, 1.54) is 12.8 Å². The number of aliphatic carboxylic acids is 1. The predicted octanol–water partition coefficient (Wildman–Crippen LogP) is 3.93. The van der Waals surface area contributed by atoms with E-state index in [1.807, 2.05) is 20.0 Å². The first-order valence-corrected chi connectivity index (χ1v) is 7.90. The first-order chi connectivity index (χ1) is 9.40. The van der Waals surface area contributed by atoms with Crippen LogP contribution in [0.25, 0.3) is 0 Å². The normalized spacial score (nSPS) is 14.3. The summed E-state index contributed by atoms with van der Waals surface area (Å²) in [6.07, 6.45) is 7.08. The van der Waals surface area contributed by atoms with Crippen molar-refractivity contribution < 1.29 is 19.5 Å². The Morgan fingerprint density at radius 3 is 2.15 bits per heavy atom. The molecule has 0 bridgehead atoms. The number of carboxylic acid groups (broad SMARTS) is 1. The fraction of sp³-hybridized carbons (Fsp3) is 0.812. The Kier molecular flexibility index (Phi) is 9.30. The Morgan fingerprint density at radius 2 is 1.70 bits per heavy atom. The lowest BCUT2D eigenvalue weighted by molar-refractivity contribution is -0.879. The molecule has 0 aliphatic rings. The number of quaternary nitrogens is 1. The van der Waals surface area contributed by atoms with Crippen LogP contribution in [0.2, 0.25) is 0 Å². The Labute approximate surface area is 123 Å². The predicted molar refractivity (Wildman–Crippen MR) is 82.5 cm³/mol. The number of carboxylic acids is 1. The number of allylic oxidation sites excluding steroid dienone is 1. The van der Waals surface area contributed by atoms with Gasteiger partial charge >= 0.3 is 5.97 Å². The zero-order valence-corrected chi connectivity index (χ0v) is 13.6. The molecule has 4 nitrogen and oxygen atoms in total. The van der Waals surface area contributed by atoms with Crippen molar-refractivity contribution >= 4 is 5.97 Å². The van der Waals surface area contributed by atoms with Gasteiger partial charge in [0.1, 0.15) is 17.9 Å². The molecule has 0 spiro atoms. The van der Waals surface area contributed by atoms with E-state index in [-0.39, 0.29) is 0 Å². The standard InChI is InChI=1S/C16H31NO3/c1-5-8-9-10-11-15(18)13-17(6-2,7-3)12-14(4)16(19)20/h13-14H,5-12H2,1-4H3,(H-,18,19,20)/p+1/b15-13-. The van der Waals surface area contributed by atoms with Gasteiger partial charge in [0, 0.05) is 6.42 Å². The minimum absolute atomic E-state index is 0.404. The van der Waals surface area contributed by atoms with E-state index in [4.69, 9.17) is 5.11 Å². The van der Waals surface area contributed by atoms with Gasteiger partial charge in [0.05, 0.1) is 19.6 Å². The topological polar surface area (TPSA) is 57.5 Å². The van der Waals surface area contributed by atoms with Crippen LogP contribution in [0.3, 0.4) is 0 Å². The highest BCUT2D eigenvalue weighted by Crippen LogP contribution is 2.17. The second-order valence-electron chi connectivity index (χ2n) is 5.70. The van der Waals surface area contributed by atoms with Crippen LogP contribution in [-0.2, 0) is 4.79 Å². The molecule has 4 heteroatoms. The number of hydrogen-bond donors (Lipinski definition) is 2. The minimum atomic E-state index is -0.773. The van der Waals surface area contributed by atoms with Gasteiger partial charge in [-0.05, 0) is 27.2 Å². The molecule has 0 amide bonds. The number of carbonyl (C=O) groups is 1. The molecule has 2 N–H and O–H groups in total. The first-order valence-electron chi connectivity index (χ1n) is 7.90. The molecule has 0 fully saturated rings. The Hall–Kier alpha value is -1.03. The van der Waals surface area contributed by atoms with Gasteiger partial charge in [-0.25, -0.2) is 0 Å². The highest BCUT2D eigenvalue weighted by Gasteiger charge is 2.28. The van der Waals surface area contributed by atoms with Crippen LogP contribution in [0.4, 0.5) is 0 Å². The molecule has 0 aromatic heterocycles. The summed E-state index contributed by atoms with van der Waals surface area (Å²) in [5, 5.41) is 19.2. The van der Waals surface area contributed by atoms with Gasteiger partial charge in [0.2, 0.25) is 0 Å². The molecule has 0 aromatic rings. The number of nitrogens with zero attached hydrogens (tertiary/aromatic N) is 1. The molecule has 0 saturated carbocycles. The molecular formula is C16H32NO3+. The Bertz CT molecular complexity index is 309. The summed E-state index contributed by atoms with van der Waals surface area (Å²) in [5.74, 6) is -0.772. The third kappa shape index (κ3) is 6.94. The van der Waals surface area contributed by atoms with E-state index >= 15 is 0 Å². The summed E-state index contributed by atoms with van der Waals surface area (Å²) in [4.78, 5) is 11.0. The van der Waals surface area contributed by atoms with Crippen LogP contribution in [0, 0.1) is 5.92 Å². The average molecular weight is 286 g/mol. The maximum absolute atomic E-state index is 11.0. The van der Waals surface area contributed by atoms with E-state index < -0.39 is 11.9 Å². The van der Waals surface area contributed by atoms with Gasteiger partial charge in [-0.2, -0.15) is 0 Å². The highest BCUT2D eigenvalue weighted by molar-refractivity contribution is 5.69. The summed E-state index contributed by atoms with van der Waals surface area (Å²) < 4.78 is 0.535. The molecule has 0 aliphatic carbocycles. The van der Waals surface area contributed by atoms with Crippen LogP contribution in [0.15, 0.2) is 12.0 Å². The van der Waals surface area contributed by atoms with E-state index in [2.05, 4.69) is 6.92 Å². The molecule has 20 heavy (non-hydrogen) atoms. The average Bonchev–Trinajstić information content (AvgIpc) is 2.42. The van der Waals surface area contributed by atoms with E-state index in [9.17, 15) is 9.90 Å². The summed E-state index contributed by atoms with van der Waals surface area (Å²) >= 11 is 0. The number of hydrogen-bond acceptors (Lipinski definition) is 2. The van der Waals surface area contributed by atoms with Crippen molar-refractivity contribution in [1.29, 1.82) is 0 Å². The third-order valence-electron chi connectivity index (χ3n) is 4.03. The molecule has 1 atom stereocenters. The molecule has 0 aromatic carbocycles. The van der Waals surface area contributed by atoms with E-state index in [1.54, 1.807) is 6.92 Å². The minimum Gasteiger partial charge on any atom is -0.507 e. The van der Waals surface area contributed by atoms with Crippen LogP contribution in [-0.4, -0.2) is 40.3 Å². The molecule has 0 radical (unpaired) electrons. The fourth-order valence-electron chi connectivity index (χ4n) is 2.45. The molecule has 0 rings (SSSR count). The van der Waals surface area contributed by atoms with Gasteiger partial charge in [0.25, 0.3) is 0 Å². The van der Waals surface area contributed by atoms with Gasteiger partial charge in [-0.1, -0.05) is 26.2 Å². The van der Waals surface area contributed by atoms with Gasteiger partial charge < -0.3 is 10.2 Å². The van der Waals surface area contributed by atoms with Gasteiger partial charge in [0.15, 0.2) is 0 Å². The number of rotatable bonds is 11. The summed E-state index contributed by atoms with van der Waals surface area (Å²) in [6.45, 7) is 10.1. The fourth-order valence-corrected chi connectivity index (χ4v) is 2.45. The van der Waals surface area contributed by atoms with Gasteiger partial charge in [-0.15, -0.1) is 0 Å². The van der Waals surface area contributed by atoms with Crippen molar-refractivity contribution in [2.75, 3.05) is 19.6 Å². The summed E-state index contributed by atoms with van der Waals surface area (Å²) in [5.41, 5.74) is 0. The summed E-state index contributed by atoms with van der Waals surface area (Å²) in [6, 6.07) is 0. The lowest BCUT2D eigenvalue weighted by Gasteiger charge is -2.34. The highest BCUT2D eigenvalue weighted by atomic mass is 16.4. The molecule has 0 aliphatic heterocycles. The second kappa shape index (κ2) is 9.81. The van der Waals surface area contributed by atoms with Crippen molar-refractivity contribution in [1.82, 2.24) is 0 Å². The maximum atomic E-state index is 11.0. The molecule has 1 unspecified atom stereocenters. The Balaban J connectivity index is 4.67. The summed E-state index contributed by atoms with van der Waals surface area (Å²) in [7, 11) is 0. The van der Waals surface area contributed by atoms with Crippen LogP contribution >= 0.6 is 0 Å². The van der Waals surface area contributed by atoms with E-state index in [0.29, 0.717) is 23.2 Å². The van der Waals surface area contributed by atoms with Crippen molar-refractivity contribution in [2.45, 2.75) is 59.8 Å². The molecule has 118 valence electrons. The van der Waals surface area contributed by atoms with Crippen molar-refractivity contribution in [2.24, 2.45) is 5.92 Å². The number of unbranched alkanes of at least 4 members (excludes halogenated alkanes) is 3. The van der Waals surface area contributed by atoms with Crippen LogP contribution in [0.1, 0.15) is 59.8 Å². The van der Waals surface area contributed by atoms with Crippen molar-refractivity contribution in [3.05, 3.63) is 12.0 Å². The Morgan fingerprint density at radius 1 is 1.10 bits per heavy atom. The monoisotopic (exact) mass is 286 g/mol. The first kappa shape index (κ1) is 19.0. The third-order valence-corrected chi connectivity index (χ3v) is 4.03. The van der Waals surface area contributed by atoms with Crippen LogP contribution in [0.5, 0.6) is 0 Å². The van der Waals surface area contributed by atoms with Crippen LogP contribution < -0.4 is 0 Å². The zero-order chi connectivity index (χ0) is 15.6. The second-order valence-corrected chi connectivity index (χ2v) is 5.70. The van der Waals surface area contributed by atoms with Gasteiger partial charge in [-0.3, -0.25) is 9.28 Å². The smallest absolute Gasteiger partial charge is 0.311 e. The number of aliphatic hydroxyl groups excluding tert-OH is 1.